The van der Waals surface area contributed by atoms with Gasteiger partial charge in [-0.25, -0.2) is 0 Å². The lowest BCUT2D eigenvalue weighted by Crippen LogP contribution is -2.55. The molecule has 3 rings (SSSR count). The van der Waals surface area contributed by atoms with Crippen LogP contribution in [0, 0.1) is 5.41 Å². The SMILES string of the molecule is Cl.NCC1(C(=O)N2C3CCCC2CC3)CCOCC1. The molecule has 0 saturated carbocycles. The van der Waals surface area contributed by atoms with Crippen LogP contribution in [0.15, 0.2) is 0 Å². The highest BCUT2D eigenvalue weighted by molar-refractivity contribution is 5.85. The summed E-state index contributed by atoms with van der Waals surface area (Å²) in [6, 6.07) is 1.00. The van der Waals surface area contributed by atoms with Crippen LogP contribution in [0.3, 0.4) is 0 Å². The predicted octanol–water partition coefficient (Wildman–Crippen LogP) is 1.71. The third kappa shape index (κ3) is 2.50. The van der Waals surface area contributed by atoms with Crippen LogP contribution in [-0.4, -0.2) is 42.6 Å². The molecule has 3 aliphatic heterocycles. The Hall–Kier alpha value is -0.320. The highest BCUT2D eigenvalue weighted by Crippen LogP contribution is 2.41. The summed E-state index contributed by atoms with van der Waals surface area (Å²) in [7, 11) is 0. The zero-order valence-electron chi connectivity index (χ0n) is 11.5. The molecule has 1 amide bonds. The molecular formula is C14H25ClN2O2. The Morgan fingerprint density at radius 2 is 1.74 bits per heavy atom. The first-order valence-corrected chi connectivity index (χ1v) is 7.37. The minimum absolute atomic E-state index is 0. The van der Waals surface area contributed by atoms with Gasteiger partial charge >= 0.3 is 0 Å². The first-order valence-electron chi connectivity index (χ1n) is 7.37. The van der Waals surface area contributed by atoms with Gasteiger partial charge in [-0.05, 0) is 44.9 Å². The standard InChI is InChI=1S/C14H24N2O2.ClH/c15-10-14(6-8-18-9-7-14)13(17)16-11-2-1-3-12(16)5-4-11;/h11-12H,1-10,15H2;1H. The number of hydrogen-bond acceptors (Lipinski definition) is 3. The van der Waals surface area contributed by atoms with E-state index in [0.29, 0.717) is 37.7 Å². The molecule has 5 heteroatoms. The first-order chi connectivity index (χ1) is 8.77. The van der Waals surface area contributed by atoms with Crippen molar-refractivity contribution < 1.29 is 9.53 Å². The van der Waals surface area contributed by atoms with Crippen molar-refractivity contribution in [2.75, 3.05) is 19.8 Å². The topological polar surface area (TPSA) is 55.6 Å². The van der Waals surface area contributed by atoms with Crippen LogP contribution in [0.4, 0.5) is 0 Å². The molecule has 0 aliphatic carbocycles. The van der Waals surface area contributed by atoms with Crippen molar-refractivity contribution in [2.24, 2.45) is 11.1 Å². The lowest BCUT2D eigenvalue weighted by Gasteiger charge is -2.43. The number of ether oxygens (including phenoxy) is 1. The quantitative estimate of drug-likeness (QED) is 0.841. The van der Waals surface area contributed by atoms with E-state index in [1.807, 2.05) is 0 Å². The van der Waals surface area contributed by atoms with Gasteiger partial charge in [0.05, 0.1) is 5.41 Å². The number of nitrogens with two attached hydrogens (primary N) is 1. The number of hydrogen-bond donors (Lipinski definition) is 1. The molecule has 3 saturated heterocycles. The van der Waals surface area contributed by atoms with E-state index in [-0.39, 0.29) is 17.8 Å². The molecular weight excluding hydrogens is 264 g/mol. The smallest absolute Gasteiger partial charge is 0.230 e. The second kappa shape index (κ2) is 5.98. The van der Waals surface area contributed by atoms with Gasteiger partial charge in [0.25, 0.3) is 0 Å². The van der Waals surface area contributed by atoms with Gasteiger partial charge < -0.3 is 15.4 Å². The normalized spacial score (nSPS) is 32.8. The summed E-state index contributed by atoms with van der Waals surface area (Å²) in [6.07, 6.45) is 7.69. The number of nitrogens with zero attached hydrogens (tertiary/aromatic N) is 1. The van der Waals surface area contributed by atoms with Crippen LogP contribution in [-0.2, 0) is 9.53 Å². The number of rotatable bonds is 2. The van der Waals surface area contributed by atoms with Crippen LogP contribution in [0.2, 0.25) is 0 Å². The predicted molar refractivity (Wildman–Crippen MR) is 76.3 cm³/mol. The van der Waals surface area contributed by atoms with Crippen molar-refractivity contribution in [3.05, 3.63) is 0 Å². The van der Waals surface area contributed by atoms with E-state index in [4.69, 9.17) is 10.5 Å². The van der Waals surface area contributed by atoms with Crippen LogP contribution >= 0.6 is 12.4 Å². The largest absolute Gasteiger partial charge is 0.381 e. The van der Waals surface area contributed by atoms with Crippen LogP contribution < -0.4 is 5.73 Å². The van der Waals surface area contributed by atoms with Crippen molar-refractivity contribution in [3.63, 3.8) is 0 Å². The zero-order valence-corrected chi connectivity index (χ0v) is 12.3. The Balaban J connectivity index is 0.00000133. The number of piperidine rings is 1. The monoisotopic (exact) mass is 288 g/mol. The molecule has 2 unspecified atom stereocenters. The molecule has 110 valence electrons. The summed E-state index contributed by atoms with van der Waals surface area (Å²) in [5, 5.41) is 0. The molecule has 3 fully saturated rings. The minimum atomic E-state index is -0.323. The van der Waals surface area contributed by atoms with Gasteiger partial charge in [-0.1, -0.05) is 0 Å². The summed E-state index contributed by atoms with van der Waals surface area (Å²) in [5.74, 6) is 0.334. The molecule has 0 spiro atoms. The maximum Gasteiger partial charge on any atom is 0.230 e. The van der Waals surface area contributed by atoms with Gasteiger partial charge in [0.1, 0.15) is 0 Å². The second-order valence-electron chi connectivity index (χ2n) is 6.13. The molecule has 0 aromatic rings. The minimum Gasteiger partial charge on any atom is -0.381 e. The summed E-state index contributed by atoms with van der Waals surface area (Å²) in [6.45, 7) is 1.85. The Morgan fingerprint density at radius 1 is 1.16 bits per heavy atom. The van der Waals surface area contributed by atoms with E-state index in [9.17, 15) is 4.79 Å². The van der Waals surface area contributed by atoms with E-state index >= 15 is 0 Å². The average Bonchev–Trinajstić information content (AvgIpc) is 2.67. The Morgan fingerprint density at radius 3 is 2.26 bits per heavy atom. The van der Waals surface area contributed by atoms with Gasteiger partial charge in [-0.2, -0.15) is 0 Å². The summed E-state index contributed by atoms with van der Waals surface area (Å²) in [4.78, 5) is 15.2. The summed E-state index contributed by atoms with van der Waals surface area (Å²) in [5.41, 5.74) is 5.63. The van der Waals surface area contributed by atoms with Crippen molar-refractivity contribution in [1.29, 1.82) is 0 Å². The Kier molecular flexibility index (Phi) is 4.75. The van der Waals surface area contributed by atoms with Gasteiger partial charge in [0, 0.05) is 31.8 Å². The lowest BCUT2D eigenvalue weighted by molar-refractivity contribution is -0.151. The van der Waals surface area contributed by atoms with Gasteiger partial charge in [-0.15, -0.1) is 12.4 Å². The average molecular weight is 289 g/mol. The van der Waals surface area contributed by atoms with Crippen molar-refractivity contribution in [1.82, 2.24) is 4.90 Å². The van der Waals surface area contributed by atoms with E-state index in [0.717, 1.165) is 12.8 Å². The fourth-order valence-electron chi connectivity index (χ4n) is 3.99. The van der Waals surface area contributed by atoms with Crippen LogP contribution in [0.1, 0.15) is 44.9 Å². The molecule has 2 bridgehead atoms. The number of carbonyl (C=O) groups is 1. The lowest BCUT2D eigenvalue weighted by atomic mass is 9.78. The third-order valence-electron chi connectivity index (χ3n) is 5.22. The van der Waals surface area contributed by atoms with Crippen molar-refractivity contribution in [2.45, 2.75) is 57.0 Å². The maximum atomic E-state index is 13.0. The van der Waals surface area contributed by atoms with Gasteiger partial charge in [0.15, 0.2) is 0 Å². The maximum absolute atomic E-state index is 13.0. The molecule has 3 aliphatic rings. The summed E-state index contributed by atoms with van der Waals surface area (Å²) >= 11 is 0. The van der Waals surface area contributed by atoms with Crippen molar-refractivity contribution >= 4 is 18.3 Å². The molecule has 4 nitrogen and oxygen atoms in total. The van der Waals surface area contributed by atoms with E-state index in [1.165, 1.54) is 32.1 Å². The molecule has 2 N–H and O–H groups in total. The molecule has 19 heavy (non-hydrogen) atoms. The van der Waals surface area contributed by atoms with E-state index in [2.05, 4.69) is 4.90 Å². The summed E-state index contributed by atoms with van der Waals surface area (Å²) < 4.78 is 5.41. The van der Waals surface area contributed by atoms with E-state index < -0.39 is 0 Å². The second-order valence-corrected chi connectivity index (χ2v) is 6.13. The fraction of sp³-hybridized carbons (Fsp3) is 0.929. The van der Waals surface area contributed by atoms with Crippen molar-refractivity contribution in [3.8, 4) is 0 Å². The number of amides is 1. The molecule has 3 heterocycles. The zero-order chi connectivity index (χ0) is 12.6. The van der Waals surface area contributed by atoms with E-state index in [1.54, 1.807) is 0 Å². The first kappa shape index (κ1) is 15.1. The molecule has 2 atom stereocenters. The number of halogens is 1. The molecule has 0 aromatic carbocycles. The van der Waals surface area contributed by atoms with Gasteiger partial charge in [-0.3, -0.25) is 4.79 Å². The molecule has 0 aromatic heterocycles. The fourth-order valence-corrected chi connectivity index (χ4v) is 3.99. The highest BCUT2D eigenvalue weighted by Gasteiger charge is 2.48. The third-order valence-corrected chi connectivity index (χ3v) is 5.22. The Bertz CT molecular complexity index is 315. The highest BCUT2D eigenvalue weighted by atomic mass is 35.5. The molecule has 0 radical (unpaired) electrons. The number of carbonyl (C=O) groups excluding carboxylic acids is 1. The number of fused-ring (bicyclic) bond motifs is 2. The van der Waals surface area contributed by atoms with Crippen LogP contribution in [0.5, 0.6) is 0 Å². The Labute approximate surface area is 121 Å². The van der Waals surface area contributed by atoms with Gasteiger partial charge in [0.2, 0.25) is 5.91 Å². The van der Waals surface area contributed by atoms with Crippen LogP contribution in [0.25, 0.3) is 0 Å².